The van der Waals surface area contributed by atoms with Gasteiger partial charge in [-0.1, -0.05) is 67.2 Å². The van der Waals surface area contributed by atoms with Gasteiger partial charge < -0.3 is 5.32 Å². The smallest absolute Gasteiger partial charge is 0.371 e. The molecule has 9 heteroatoms. The Morgan fingerprint density at radius 1 is 0.610 bits per heavy atom. The van der Waals surface area contributed by atoms with Crippen LogP contribution in [0.25, 0.3) is 16.7 Å². The summed E-state index contributed by atoms with van der Waals surface area (Å²) >= 11 is 0. The van der Waals surface area contributed by atoms with Gasteiger partial charge in [0.1, 0.15) is 0 Å². The quantitative estimate of drug-likeness (QED) is 0.202. The number of rotatable bonds is 7. The van der Waals surface area contributed by atoms with E-state index in [1.165, 1.54) is 30.5 Å². The normalized spacial score (nSPS) is 12.3. The van der Waals surface area contributed by atoms with E-state index >= 15 is 0 Å². The van der Waals surface area contributed by atoms with Gasteiger partial charge in [-0.2, -0.15) is 26.3 Å². The van der Waals surface area contributed by atoms with E-state index in [2.05, 4.69) is 21.9 Å². The summed E-state index contributed by atoms with van der Waals surface area (Å²) in [6.07, 6.45) is -6.26. The predicted octanol–water partition coefficient (Wildman–Crippen LogP) is 8.41. The summed E-state index contributed by atoms with van der Waals surface area (Å²) in [7, 11) is 0. The number of nitrogens with one attached hydrogen (secondary N) is 1. The maximum atomic E-state index is 13.9. The van der Waals surface area contributed by atoms with Crippen molar-refractivity contribution in [3.8, 4) is 0 Å². The molecule has 1 heterocycles. The van der Waals surface area contributed by atoms with Crippen LogP contribution < -0.4 is 5.32 Å². The Bertz CT molecular complexity index is 1640. The molecule has 0 unspecified atom stereocenters. The average Bonchev–Trinajstić information content (AvgIpc) is 2.96. The number of benzene rings is 4. The van der Waals surface area contributed by atoms with E-state index in [1.807, 2.05) is 0 Å². The van der Waals surface area contributed by atoms with Crippen molar-refractivity contribution in [3.05, 3.63) is 149 Å². The zero-order chi connectivity index (χ0) is 29.3. The molecular formula is C32H23F6N3. The van der Waals surface area contributed by atoms with Crippen molar-refractivity contribution in [1.29, 1.82) is 0 Å². The Morgan fingerprint density at radius 3 is 1.71 bits per heavy atom. The summed E-state index contributed by atoms with van der Waals surface area (Å²) in [5.74, 6) is 0. The molecule has 0 bridgehead atoms. The molecule has 0 spiro atoms. The molecule has 0 fully saturated rings. The third kappa shape index (κ3) is 5.94. The van der Waals surface area contributed by atoms with Crippen LogP contribution >= 0.6 is 0 Å². The largest absolute Gasteiger partial charge is 0.416 e. The van der Waals surface area contributed by atoms with Gasteiger partial charge in [0.2, 0.25) is 0 Å². The van der Waals surface area contributed by atoms with Crippen LogP contribution in [0.15, 0.2) is 116 Å². The van der Waals surface area contributed by atoms with Crippen LogP contribution in [-0.2, 0) is 24.3 Å². The maximum Gasteiger partial charge on any atom is 0.416 e. The number of hydrogen-bond acceptors (Lipinski definition) is 3. The number of hydrogen-bond donors (Lipinski definition) is 1. The molecule has 0 aliphatic heterocycles. The Hall–Kier alpha value is -4.66. The summed E-state index contributed by atoms with van der Waals surface area (Å²) in [6, 6.07) is 23.2. The van der Waals surface area contributed by atoms with E-state index in [0.29, 0.717) is 22.2 Å². The summed E-state index contributed by atoms with van der Waals surface area (Å²) < 4.78 is 83.3. The zero-order valence-electron chi connectivity index (χ0n) is 21.5. The molecule has 41 heavy (non-hydrogen) atoms. The van der Waals surface area contributed by atoms with Crippen LogP contribution in [0.4, 0.5) is 26.3 Å². The van der Waals surface area contributed by atoms with E-state index in [-0.39, 0.29) is 23.2 Å². The van der Waals surface area contributed by atoms with Crippen molar-refractivity contribution in [3.63, 3.8) is 0 Å². The van der Waals surface area contributed by atoms with Gasteiger partial charge in [-0.3, -0.25) is 9.97 Å². The van der Waals surface area contributed by atoms with Crippen LogP contribution in [-0.4, -0.2) is 9.97 Å². The third-order valence-corrected chi connectivity index (χ3v) is 6.86. The van der Waals surface area contributed by atoms with Crippen molar-refractivity contribution < 1.29 is 26.3 Å². The minimum Gasteiger partial charge on any atom is -0.371 e. The van der Waals surface area contributed by atoms with Crippen molar-refractivity contribution in [2.75, 3.05) is 0 Å². The lowest BCUT2D eigenvalue weighted by molar-refractivity contribution is -0.138. The van der Waals surface area contributed by atoms with Gasteiger partial charge in [0.05, 0.1) is 27.7 Å². The fraction of sp³-hybridized carbons (Fsp3) is 0.125. The highest BCUT2D eigenvalue weighted by Gasteiger charge is 2.40. The summed E-state index contributed by atoms with van der Waals surface area (Å²) in [6.45, 7) is 4.15. The average molecular weight is 564 g/mol. The lowest BCUT2D eigenvalue weighted by Crippen LogP contribution is -2.44. The molecule has 0 radical (unpaired) electrons. The van der Waals surface area contributed by atoms with Gasteiger partial charge in [-0.25, -0.2) is 0 Å². The third-order valence-electron chi connectivity index (χ3n) is 6.86. The highest BCUT2D eigenvalue weighted by atomic mass is 19.4. The lowest BCUT2D eigenvalue weighted by Gasteiger charge is -2.39. The minimum atomic E-state index is -4.67. The fourth-order valence-electron chi connectivity index (χ4n) is 4.86. The van der Waals surface area contributed by atoms with Crippen molar-refractivity contribution >= 4 is 16.7 Å². The zero-order valence-corrected chi connectivity index (χ0v) is 21.5. The van der Waals surface area contributed by atoms with E-state index in [1.54, 1.807) is 54.7 Å². The van der Waals surface area contributed by atoms with E-state index in [9.17, 15) is 26.3 Å². The van der Waals surface area contributed by atoms with Crippen LogP contribution in [0.5, 0.6) is 0 Å². The first-order valence-corrected chi connectivity index (χ1v) is 12.5. The van der Waals surface area contributed by atoms with Gasteiger partial charge >= 0.3 is 12.4 Å². The second kappa shape index (κ2) is 10.7. The van der Waals surface area contributed by atoms with E-state index in [0.717, 1.165) is 24.3 Å². The van der Waals surface area contributed by atoms with Crippen LogP contribution in [0, 0.1) is 0 Å². The first-order chi connectivity index (χ1) is 19.5. The van der Waals surface area contributed by atoms with Gasteiger partial charge in [0, 0.05) is 24.5 Å². The van der Waals surface area contributed by atoms with Gasteiger partial charge in [-0.05, 0) is 58.7 Å². The highest BCUT2D eigenvalue weighted by molar-refractivity contribution is 5.79. The number of fused-ring (bicyclic) bond motifs is 1. The number of nitrogens with zero attached hydrogens (tertiary/aromatic N) is 2. The molecule has 0 atom stereocenters. The van der Waals surface area contributed by atoms with Crippen molar-refractivity contribution in [2.45, 2.75) is 24.3 Å². The van der Waals surface area contributed by atoms with Crippen LogP contribution in [0.2, 0.25) is 0 Å². The SMILES string of the molecule is C=C(NC(Cc1ccccc1)(c1cccc(C(F)(F)F)c1)c1cccc(C(F)(F)F)c1)c1ccc2nccnc2c1. The molecule has 1 N–H and O–H groups in total. The molecule has 0 saturated heterocycles. The number of halogens is 6. The fourth-order valence-corrected chi connectivity index (χ4v) is 4.86. The molecule has 5 aromatic rings. The summed E-state index contributed by atoms with van der Waals surface area (Å²) in [4.78, 5) is 8.55. The van der Waals surface area contributed by atoms with Crippen molar-refractivity contribution in [1.82, 2.24) is 15.3 Å². The Labute approximate surface area is 232 Å². The second-order valence-electron chi connectivity index (χ2n) is 9.59. The highest BCUT2D eigenvalue weighted by Crippen LogP contribution is 2.41. The monoisotopic (exact) mass is 563 g/mol. The first kappa shape index (κ1) is 27.9. The Balaban J connectivity index is 1.75. The van der Waals surface area contributed by atoms with Crippen LogP contribution in [0.3, 0.4) is 0 Å². The molecule has 0 saturated carbocycles. The van der Waals surface area contributed by atoms with Gasteiger partial charge in [0.15, 0.2) is 0 Å². The first-order valence-electron chi connectivity index (χ1n) is 12.5. The second-order valence-corrected chi connectivity index (χ2v) is 9.59. The predicted molar refractivity (Wildman–Crippen MR) is 146 cm³/mol. The minimum absolute atomic E-state index is 0.0167. The lowest BCUT2D eigenvalue weighted by atomic mass is 9.76. The van der Waals surface area contributed by atoms with E-state index < -0.39 is 29.0 Å². The number of aromatic nitrogens is 2. The maximum absolute atomic E-state index is 13.9. The Kier molecular flexibility index (Phi) is 7.29. The van der Waals surface area contributed by atoms with Crippen molar-refractivity contribution in [2.24, 2.45) is 0 Å². The van der Waals surface area contributed by atoms with Gasteiger partial charge in [-0.15, -0.1) is 0 Å². The topological polar surface area (TPSA) is 37.8 Å². The van der Waals surface area contributed by atoms with E-state index in [4.69, 9.17) is 0 Å². The molecule has 3 nitrogen and oxygen atoms in total. The molecule has 208 valence electrons. The molecule has 0 aliphatic rings. The Morgan fingerprint density at radius 2 is 1.15 bits per heavy atom. The molecule has 1 aromatic heterocycles. The van der Waals surface area contributed by atoms with Crippen LogP contribution in [0.1, 0.15) is 33.4 Å². The standard InChI is InChI=1S/C32H23F6N3/c1-21(23-13-14-28-29(17-23)40-16-15-39-28)41-30(20-22-7-3-2-4-8-22,24-9-5-11-26(18-24)31(33,34)35)25-10-6-12-27(19-25)32(36,37)38/h2-19,41H,1,20H2. The van der Waals surface area contributed by atoms with Gasteiger partial charge in [0.25, 0.3) is 0 Å². The molecule has 0 amide bonds. The molecule has 5 rings (SSSR count). The molecule has 4 aromatic carbocycles. The summed E-state index contributed by atoms with van der Waals surface area (Å²) in [5, 5.41) is 3.27. The molecule has 0 aliphatic carbocycles. The summed E-state index contributed by atoms with van der Waals surface area (Å²) in [5.41, 5.74) is -0.493. The number of alkyl halides is 6. The molecular weight excluding hydrogens is 540 g/mol.